The van der Waals surface area contributed by atoms with Crippen molar-refractivity contribution in [2.45, 2.75) is 13.1 Å². The van der Waals surface area contributed by atoms with Gasteiger partial charge in [0.25, 0.3) is 0 Å². The lowest BCUT2D eigenvalue weighted by Crippen LogP contribution is -2.27. The van der Waals surface area contributed by atoms with E-state index in [9.17, 15) is 4.79 Å². The number of furan rings is 1. The molecule has 0 aliphatic heterocycles. The van der Waals surface area contributed by atoms with Gasteiger partial charge in [0.2, 0.25) is 5.91 Å². The number of amides is 1. The van der Waals surface area contributed by atoms with E-state index < -0.39 is 0 Å². The minimum atomic E-state index is -0.107. The molecule has 124 valence electrons. The fourth-order valence-electron chi connectivity index (χ4n) is 2.75. The summed E-state index contributed by atoms with van der Waals surface area (Å²) in [5.74, 6) is 1.34. The van der Waals surface area contributed by atoms with Crippen LogP contribution < -0.4 is 5.32 Å². The van der Waals surface area contributed by atoms with Gasteiger partial charge in [-0.15, -0.1) is 0 Å². The first kappa shape index (κ1) is 15.1. The lowest BCUT2D eigenvalue weighted by Gasteiger charge is -2.09. The average molecular weight is 332 g/mol. The maximum atomic E-state index is 12.4. The fourth-order valence-corrected chi connectivity index (χ4v) is 2.75. The Morgan fingerprint density at radius 1 is 1.12 bits per heavy atom. The molecule has 4 rings (SSSR count). The minimum Gasteiger partial charge on any atom is -0.467 e. The molecule has 0 atom stereocenters. The van der Waals surface area contributed by atoms with Crippen molar-refractivity contribution in [3.8, 4) is 11.4 Å². The molecule has 3 aromatic heterocycles. The van der Waals surface area contributed by atoms with E-state index in [1.807, 2.05) is 47.0 Å². The van der Waals surface area contributed by atoms with Gasteiger partial charge in [0.15, 0.2) is 0 Å². The number of aromatic nitrogens is 3. The number of nitrogens with one attached hydrogen (secondary N) is 1. The standard InChI is InChI=1S/C19H16N4O2/c24-18(21-12-15-6-4-10-25-15)13-23-17-8-2-1-7-16(17)22-19(23)14-5-3-9-20-11-14/h1-11H,12-13H2,(H,21,24). The topological polar surface area (TPSA) is 73.0 Å². The molecule has 0 aliphatic carbocycles. The second-order valence-corrected chi connectivity index (χ2v) is 5.61. The van der Waals surface area contributed by atoms with Gasteiger partial charge in [-0.2, -0.15) is 0 Å². The van der Waals surface area contributed by atoms with Gasteiger partial charge in [0, 0.05) is 18.0 Å². The smallest absolute Gasteiger partial charge is 0.240 e. The average Bonchev–Trinajstić information content (AvgIpc) is 3.29. The summed E-state index contributed by atoms with van der Waals surface area (Å²) in [6.07, 6.45) is 5.05. The molecule has 0 fully saturated rings. The van der Waals surface area contributed by atoms with Gasteiger partial charge < -0.3 is 14.3 Å². The molecule has 0 spiro atoms. The highest BCUT2D eigenvalue weighted by atomic mass is 16.3. The van der Waals surface area contributed by atoms with Crippen LogP contribution >= 0.6 is 0 Å². The van der Waals surface area contributed by atoms with Crippen molar-refractivity contribution in [1.29, 1.82) is 0 Å². The lowest BCUT2D eigenvalue weighted by atomic mass is 10.2. The number of nitrogens with zero attached hydrogens (tertiary/aromatic N) is 3. The third-order valence-electron chi connectivity index (χ3n) is 3.92. The molecule has 0 aliphatic rings. The highest BCUT2D eigenvalue weighted by molar-refractivity contribution is 5.84. The number of imidazole rings is 1. The molecule has 6 nitrogen and oxygen atoms in total. The van der Waals surface area contributed by atoms with Crippen LogP contribution in [0.4, 0.5) is 0 Å². The first-order chi connectivity index (χ1) is 12.3. The Labute approximate surface area is 144 Å². The van der Waals surface area contributed by atoms with Crippen LogP contribution in [0.15, 0.2) is 71.6 Å². The van der Waals surface area contributed by atoms with E-state index in [-0.39, 0.29) is 12.5 Å². The molecule has 0 radical (unpaired) electrons. The predicted molar refractivity (Wildman–Crippen MR) is 93.5 cm³/mol. The summed E-state index contributed by atoms with van der Waals surface area (Å²) in [7, 11) is 0. The zero-order chi connectivity index (χ0) is 17.1. The molecule has 6 heteroatoms. The summed E-state index contributed by atoms with van der Waals surface area (Å²) in [5, 5.41) is 2.87. The molecule has 25 heavy (non-hydrogen) atoms. The van der Waals surface area contributed by atoms with Gasteiger partial charge in [-0.1, -0.05) is 12.1 Å². The van der Waals surface area contributed by atoms with E-state index in [0.29, 0.717) is 6.54 Å². The van der Waals surface area contributed by atoms with Gasteiger partial charge in [-0.05, 0) is 36.4 Å². The van der Waals surface area contributed by atoms with Gasteiger partial charge in [0.05, 0.1) is 23.8 Å². The monoisotopic (exact) mass is 332 g/mol. The van der Waals surface area contributed by atoms with Gasteiger partial charge in [0.1, 0.15) is 18.1 Å². The van der Waals surface area contributed by atoms with Crippen LogP contribution in [0.1, 0.15) is 5.76 Å². The van der Waals surface area contributed by atoms with Crippen molar-refractivity contribution in [2.24, 2.45) is 0 Å². The highest BCUT2D eigenvalue weighted by Gasteiger charge is 2.15. The largest absolute Gasteiger partial charge is 0.467 e. The number of benzene rings is 1. The van der Waals surface area contributed by atoms with E-state index in [4.69, 9.17) is 4.42 Å². The number of hydrogen-bond acceptors (Lipinski definition) is 4. The van der Waals surface area contributed by atoms with Crippen LogP contribution in [0.2, 0.25) is 0 Å². The molecule has 1 amide bonds. The number of carbonyl (C=O) groups excluding carboxylic acids is 1. The zero-order valence-electron chi connectivity index (χ0n) is 13.4. The fraction of sp³-hybridized carbons (Fsp3) is 0.105. The first-order valence-electron chi connectivity index (χ1n) is 7.96. The molecule has 1 N–H and O–H groups in total. The van der Waals surface area contributed by atoms with E-state index in [0.717, 1.165) is 28.2 Å². The van der Waals surface area contributed by atoms with Crippen LogP contribution in [0.5, 0.6) is 0 Å². The van der Waals surface area contributed by atoms with Crippen molar-refractivity contribution >= 4 is 16.9 Å². The Morgan fingerprint density at radius 2 is 2.04 bits per heavy atom. The molecule has 4 aromatic rings. The molecule has 3 heterocycles. The van der Waals surface area contributed by atoms with Gasteiger partial charge >= 0.3 is 0 Å². The lowest BCUT2D eigenvalue weighted by molar-refractivity contribution is -0.121. The Hall–Kier alpha value is -3.41. The maximum Gasteiger partial charge on any atom is 0.240 e. The Morgan fingerprint density at radius 3 is 2.84 bits per heavy atom. The Balaban J connectivity index is 1.64. The van der Waals surface area contributed by atoms with E-state index in [2.05, 4.69) is 15.3 Å². The number of hydrogen-bond donors (Lipinski definition) is 1. The molecular weight excluding hydrogens is 316 g/mol. The number of pyridine rings is 1. The Kier molecular flexibility index (Phi) is 4.00. The quantitative estimate of drug-likeness (QED) is 0.610. The summed E-state index contributed by atoms with van der Waals surface area (Å²) in [4.78, 5) is 21.2. The summed E-state index contributed by atoms with van der Waals surface area (Å²) in [5.41, 5.74) is 2.63. The number of rotatable bonds is 5. The molecule has 0 saturated heterocycles. The van der Waals surface area contributed by atoms with Gasteiger partial charge in [-0.3, -0.25) is 9.78 Å². The summed E-state index contributed by atoms with van der Waals surface area (Å²) in [6, 6.07) is 15.2. The third-order valence-corrected chi connectivity index (χ3v) is 3.92. The summed E-state index contributed by atoms with van der Waals surface area (Å²) >= 11 is 0. The third kappa shape index (κ3) is 3.14. The normalized spacial score (nSPS) is 10.9. The molecular formula is C19H16N4O2. The molecule has 0 unspecified atom stereocenters. The van der Waals surface area contributed by atoms with E-state index in [1.54, 1.807) is 24.7 Å². The summed E-state index contributed by atoms with van der Waals surface area (Å²) in [6.45, 7) is 0.534. The van der Waals surface area contributed by atoms with Crippen LogP contribution in [0.25, 0.3) is 22.4 Å². The second kappa shape index (κ2) is 6.60. The number of fused-ring (bicyclic) bond motifs is 1. The maximum absolute atomic E-state index is 12.4. The van der Waals surface area contributed by atoms with Crippen LogP contribution in [-0.4, -0.2) is 20.4 Å². The second-order valence-electron chi connectivity index (χ2n) is 5.61. The number of carbonyl (C=O) groups is 1. The van der Waals surface area contributed by atoms with Crippen LogP contribution in [0, 0.1) is 0 Å². The van der Waals surface area contributed by atoms with Crippen LogP contribution in [0.3, 0.4) is 0 Å². The number of para-hydroxylation sites is 2. The predicted octanol–water partition coefficient (Wildman–Crippen LogP) is 3.01. The molecule has 1 aromatic carbocycles. The van der Waals surface area contributed by atoms with E-state index >= 15 is 0 Å². The molecule has 0 saturated carbocycles. The van der Waals surface area contributed by atoms with Crippen LogP contribution in [-0.2, 0) is 17.9 Å². The highest BCUT2D eigenvalue weighted by Crippen LogP contribution is 2.24. The zero-order valence-corrected chi connectivity index (χ0v) is 13.4. The molecule has 0 bridgehead atoms. The Bertz CT molecular complexity index is 991. The first-order valence-corrected chi connectivity index (χ1v) is 7.96. The van der Waals surface area contributed by atoms with Crippen molar-refractivity contribution in [2.75, 3.05) is 0 Å². The van der Waals surface area contributed by atoms with Crippen molar-refractivity contribution in [1.82, 2.24) is 19.9 Å². The SMILES string of the molecule is O=C(Cn1c(-c2cccnc2)nc2ccccc21)NCc1ccco1. The van der Waals surface area contributed by atoms with Crippen molar-refractivity contribution in [3.05, 3.63) is 72.9 Å². The summed E-state index contributed by atoms with van der Waals surface area (Å²) < 4.78 is 7.15. The van der Waals surface area contributed by atoms with Crippen molar-refractivity contribution < 1.29 is 9.21 Å². The van der Waals surface area contributed by atoms with Gasteiger partial charge in [-0.25, -0.2) is 4.98 Å². The minimum absolute atomic E-state index is 0.107. The van der Waals surface area contributed by atoms with Crippen molar-refractivity contribution in [3.63, 3.8) is 0 Å². The van der Waals surface area contributed by atoms with E-state index in [1.165, 1.54) is 0 Å².